The number of hydrogen-bond acceptors (Lipinski definition) is 3. The van der Waals surface area contributed by atoms with Gasteiger partial charge in [0.05, 0.1) is 0 Å². The molecule has 1 heterocycles. The molecule has 0 N–H and O–H groups in total. The fourth-order valence-electron chi connectivity index (χ4n) is 9.58. The summed E-state index contributed by atoms with van der Waals surface area (Å²) in [4.78, 5) is 4.74. The second-order valence-electron chi connectivity index (χ2n) is 16.1. The number of fused-ring (bicyclic) bond motifs is 13. The number of nitrogens with zero attached hydrogens (tertiary/aromatic N) is 2. The number of anilines is 6. The van der Waals surface area contributed by atoms with Gasteiger partial charge in [0, 0.05) is 54.3 Å². The van der Waals surface area contributed by atoms with Crippen molar-refractivity contribution in [1.29, 1.82) is 0 Å². The van der Waals surface area contributed by atoms with Gasteiger partial charge >= 0.3 is 0 Å². The largest absolute Gasteiger partial charge is 0.310 e. The fraction of sp³-hybridized carbons (Fsp3) is 0. The average Bonchev–Trinajstić information content (AvgIpc) is 3.72. The van der Waals surface area contributed by atoms with Crippen LogP contribution >= 0.6 is 11.3 Å². The van der Waals surface area contributed by atoms with Gasteiger partial charge in [-0.3, -0.25) is 0 Å². The van der Waals surface area contributed by atoms with E-state index in [0.29, 0.717) is 0 Å². The van der Waals surface area contributed by atoms with Gasteiger partial charge in [-0.15, -0.1) is 11.3 Å². The molecule has 0 amide bonds. The molecule has 0 aliphatic carbocycles. The first-order valence-corrected chi connectivity index (χ1v) is 22.3. The van der Waals surface area contributed by atoms with Crippen molar-refractivity contribution in [1.82, 2.24) is 0 Å². The first kappa shape index (κ1) is 36.8. The lowest BCUT2D eigenvalue weighted by Crippen LogP contribution is -2.09. The van der Waals surface area contributed by atoms with E-state index in [1.807, 2.05) is 11.3 Å². The highest BCUT2D eigenvalue weighted by atomic mass is 32.1. The predicted molar refractivity (Wildman–Crippen MR) is 274 cm³/mol. The SMILES string of the molecule is c1ccc(N(c2ccccc2)c2ccc3c4ccccc4c4ccc(N(c5ccccc5)c5ccccc5)cc4c4cc5c(cc4c4ccccc4c3c2)sc2ccccc25)cc1. The molecule has 0 saturated carbocycles. The second-order valence-corrected chi connectivity index (χ2v) is 17.1. The molecule has 12 aromatic rings. The molecule has 1 aromatic heterocycles. The Hall–Kier alpha value is -7.98. The molecule has 0 bridgehead atoms. The minimum atomic E-state index is 1.10. The van der Waals surface area contributed by atoms with E-state index in [1.165, 1.54) is 74.0 Å². The van der Waals surface area contributed by atoms with E-state index < -0.39 is 0 Å². The van der Waals surface area contributed by atoms with Gasteiger partial charge in [-0.05, 0) is 145 Å². The van der Waals surface area contributed by atoms with E-state index in [1.54, 1.807) is 0 Å². The monoisotopic (exact) mass is 820 g/mol. The van der Waals surface area contributed by atoms with Gasteiger partial charge in [-0.25, -0.2) is 0 Å². The van der Waals surface area contributed by atoms with Gasteiger partial charge in [-0.2, -0.15) is 0 Å². The first-order chi connectivity index (χ1) is 31.3. The highest BCUT2D eigenvalue weighted by Gasteiger charge is 2.18. The maximum atomic E-state index is 2.48. The van der Waals surface area contributed by atoms with Crippen LogP contribution in [0.15, 0.2) is 243 Å². The molecule has 0 aliphatic heterocycles. The smallest absolute Gasteiger partial charge is 0.0468 e. The molecule has 2 nitrogen and oxygen atoms in total. The lowest BCUT2D eigenvalue weighted by molar-refractivity contribution is 1.29. The molecule has 0 fully saturated rings. The maximum Gasteiger partial charge on any atom is 0.0468 e. The summed E-state index contributed by atoms with van der Waals surface area (Å²) in [5.41, 5.74) is 6.64. The summed E-state index contributed by atoms with van der Waals surface area (Å²) in [6.45, 7) is 0. The topological polar surface area (TPSA) is 6.48 Å². The number of benzene rings is 10. The van der Waals surface area contributed by atoms with E-state index >= 15 is 0 Å². The molecular weight excluding hydrogens is 781 g/mol. The van der Waals surface area contributed by atoms with Gasteiger partial charge in [0.1, 0.15) is 0 Å². The minimum Gasteiger partial charge on any atom is -0.310 e. The zero-order valence-corrected chi connectivity index (χ0v) is 35.2. The van der Waals surface area contributed by atoms with Crippen LogP contribution in [0.2, 0.25) is 0 Å². The molecule has 0 unspecified atom stereocenters. The number of thiophene rings is 1. The highest BCUT2D eigenvalue weighted by Crippen LogP contribution is 2.45. The Labute approximate surface area is 370 Å². The highest BCUT2D eigenvalue weighted by molar-refractivity contribution is 7.25. The van der Waals surface area contributed by atoms with Crippen LogP contribution in [0.5, 0.6) is 0 Å². The van der Waals surface area contributed by atoms with Gasteiger partial charge < -0.3 is 9.80 Å². The molecule has 0 radical (unpaired) electrons. The van der Waals surface area contributed by atoms with Gasteiger partial charge in [0.25, 0.3) is 0 Å². The standard InChI is InChI=1S/C60H40N2S/c1-5-19-41(20-6-1)61(42-21-7-2-8-22-42)45-33-35-51-47-27-13-14-28-48(47)52-36-34-46(62(43-23-9-3-10-24-43)44-25-11-4-12-26-44)38-55(52)56-39-58-53-31-17-18-32-59(53)63-60(58)40-57(56)50-30-16-15-29-49(50)54(51)37-45/h1-40H. The minimum absolute atomic E-state index is 1.10. The van der Waals surface area contributed by atoms with Crippen LogP contribution in [-0.4, -0.2) is 0 Å². The molecule has 296 valence electrons. The normalized spacial score (nSPS) is 11.5. The van der Waals surface area contributed by atoms with Crippen LogP contribution in [0, 0.1) is 0 Å². The molecule has 12 rings (SSSR count). The molecule has 3 heteroatoms. The summed E-state index contributed by atoms with van der Waals surface area (Å²) in [5.74, 6) is 0. The van der Waals surface area contributed by atoms with Crippen LogP contribution in [0.3, 0.4) is 0 Å². The Balaban J connectivity index is 1.28. The van der Waals surface area contributed by atoms with Gasteiger partial charge in [-0.1, -0.05) is 152 Å². The number of rotatable bonds is 6. The van der Waals surface area contributed by atoms with Crippen LogP contribution in [0.4, 0.5) is 34.1 Å². The third-order valence-corrected chi connectivity index (χ3v) is 13.5. The lowest BCUT2D eigenvalue weighted by Gasteiger charge is -2.26. The second kappa shape index (κ2) is 15.5. The summed E-state index contributed by atoms with van der Waals surface area (Å²) < 4.78 is 2.58. The van der Waals surface area contributed by atoms with Crippen molar-refractivity contribution >= 4 is 119 Å². The van der Waals surface area contributed by atoms with Crippen molar-refractivity contribution in [3.05, 3.63) is 243 Å². The predicted octanol–water partition coefficient (Wildman–Crippen LogP) is 17.9. The molecular formula is C60H40N2S. The lowest BCUT2D eigenvalue weighted by atomic mass is 9.93. The summed E-state index contributed by atoms with van der Waals surface area (Å²) >= 11 is 1.88. The number of para-hydroxylation sites is 4. The van der Waals surface area contributed by atoms with E-state index in [9.17, 15) is 0 Å². The van der Waals surface area contributed by atoms with Crippen molar-refractivity contribution in [2.24, 2.45) is 0 Å². The number of hydrogen-bond donors (Lipinski definition) is 0. The third-order valence-electron chi connectivity index (χ3n) is 12.4. The van der Waals surface area contributed by atoms with Crippen LogP contribution in [-0.2, 0) is 0 Å². The molecule has 0 spiro atoms. The van der Waals surface area contributed by atoms with E-state index in [4.69, 9.17) is 0 Å². The maximum absolute atomic E-state index is 2.48. The Morgan fingerprint density at radius 3 is 0.952 bits per heavy atom. The Bertz CT molecular complexity index is 3650. The molecule has 0 atom stereocenters. The Morgan fingerprint density at radius 1 is 0.190 bits per heavy atom. The van der Waals surface area contributed by atoms with Crippen molar-refractivity contribution in [3.8, 4) is 0 Å². The van der Waals surface area contributed by atoms with Gasteiger partial charge in [0.2, 0.25) is 0 Å². The van der Waals surface area contributed by atoms with E-state index in [-0.39, 0.29) is 0 Å². The summed E-state index contributed by atoms with van der Waals surface area (Å²) in [5, 5.41) is 14.6. The van der Waals surface area contributed by atoms with Gasteiger partial charge in [0.15, 0.2) is 0 Å². The van der Waals surface area contributed by atoms with Crippen molar-refractivity contribution < 1.29 is 0 Å². The summed E-state index contributed by atoms with van der Waals surface area (Å²) in [6.07, 6.45) is 0. The fourth-order valence-corrected chi connectivity index (χ4v) is 10.7. The summed E-state index contributed by atoms with van der Waals surface area (Å²) in [7, 11) is 0. The van der Waals surface area contributed by atoms with E-state index in [0.717, 1.165) is 34.1 Å². The third kappa shape index (κ3) is 6.41. The quantitative estimate of drug-likeness (QED) is 0.165. The van der Waals surface area contributed by atoms with Crippen LogP contribution < -0.4 is 9.80 Å². The molecule has 0 saturated heterocycles. The first-order valence-electron chi connectivity index (χ1n) is 21.5. The van der Waals surface area contributed by atoms with Crippen molar-refractivity contribution in [2.45, 2.75) is 0 Å². The van der Waals surface area contributed by atoms with Crippen molar-refractivity contribution in [3.63, 3.8) is 0 Å². The molecule has 0 aliphatic rings. The molecule has 63 heavy (non-hydrogen) atoms. The average molecular weight is 821 g/mol. The Morgan fingerprint density at radius 2 is 0.508 bits per heavy atom. The molecule has 11 aromatic carbocycles. The summed E-state index contributed by atoms with van der Waals surface area (Å²) in [6, 6.07) is 88.8. The zero-order valence-electron chi connectivity index (χ0n) is 34.4. The van der Waals surface area contributed by atoms with Crippen molar-refractivity contribution in [2.75, 3.05) is 9.80 Å². The zero-order chi connectivity index (χ0) is 41.7. The Kier molecular flexibility index (Phi) is 9.06. The van der Waals surface area contributed by atoms with Crippen LogP contribution in [0.25, 0.3) is 74.0 Å². The van der Waals surface area contributed by atoms with Crippen LogP contribution in [0.1, 0.15) is 0 Å². The van der Waals surface area contributed by atoms with E-state index in [2.05, 4.69) is 252 Å².